The summed E-state index contributed by atoms with van der Waals surface area (Å²) < 4.78 is 0.723. The third-order valence-electron chi connectivity index (χ3n) is 2.78. The van der Waals surface area contributed by atoms with Crippen LogP contribution in [-0.2, 0) is 12.0 Å². The van der Waals surface area contributed by atoms with Gasteiger partial charge in [0.05, 0.1) is 21.6 Å². The van der Waals surface area contributed by atoms with Crippen LogP contribution < -0.4 is 0 Å². The molecule has 0 radical (unpaired) electrons. The summed E-state index contributed by atoms with van der Waals surface area (Å²) in [5.74, 6) is 0. The molecule has 1 unspecified atom stereocenters. The summed E-state index contributed by atoms with van der Waals surface area (Å²) in [5, 5.41) is 19.2. The van der Waals surface area contributed by atoms with E-state index in [4.69, 9.17) is 16.9 Å². The number of nitrogens with zero attached hydrogens (tertiary/aromatic N) is 1. The van der Waals surface area contributed by atoms with E-state index in [0.717, 1.165) is 14.8 Å². The molecule has 0 fully saturated rings. The SMILES string of the molecule is CC(O)(Cc1ccc(Cl)s1)c1ccc(C#N)cc1. The van der Waals surface area contributed by atoms with Gasteiger partial charge in [-0.2, -0.15) is 5.26 Å². The first-order valence-corrected chi connectivity index (χ1v) is 6.68. The van der Waals surface area contributed by atoms with Gasteiger partial charge in [0.25, 0.3) is 0 Å². The molecule has 1 heterocycles. The van der Waals surface area contributed by atoms with E-state index in [1.54, 1.807) is 31.2 Å². The van der Waals surface area contributed by atoms with E-state index in [9.17, 15) is 5.11 Å². The van der Waals surface area contributed by atoms with Crippen molar-refractivity contribution in [3.8, 4) is 6.07 Å². The van der Waals surface area contributed by atoms with E-state index < -0.39 is 5.60 Å². The minimum atomic E-state index is -0.956. The van der Waals surface area contributed by atoms with Crippen LogP contribution in [0.4, 0.5) is 0 Å². The largest absolute Gasteiger partial charge is 0.385 e. The van der Waals surface area contributed by atoms with Gasteiger partial charge in [0.15, 0.2) is 0 Å². The van der Waals surface area contributed by atoms with E-state index in [1.807, 2.05) is 12.1 Å². The van der Waals surface area contributed by atoms with Crippen LogP contribution in [0.1, 0.15) is 22.9 Å². The number of hydrogen-bond donors (Lipinski definition) is 1. The Hall–Kier alpha value is -1.34. The van der Waals surface area contributed by atoms with Crippen molar-refractivity contribution < 1.29 is 5.11 Å². The molecule has 1 aromatic carbocycles. The second-order valence-electron chi connectivity index (χ2n) is 4.35. The van der Waals surface area contributed by atoms with Crippen molar-refractivity contribution >= 4 is 22.9 Å². The Bertz CT molecular complexity index is 581. The van der Waals surface area contributed by atoms with Gasteiger partial charge >= 0.3 is 0 Å². The van der Waals surface area contributed by atoms with Crippen molar-refractivity contribution in [1.29, 1.82) is 5.26 Å². The van der Waals surface area contributed by atoms with Crippen LogP contribution in [0.5, 0.6) is 0 Å². The predicted octanol–water partition coefficient (Wildman–Crippen LogP) is 3.72. The third kappa shape index (κ3) is 2.91. The maximum atomic E-state index is 10.5. The molecule has 0 aliphatic heterocycles. The van der Waals surface area contributed by atoms with Gasteiger partial charge in [-0.05, 0) is 36.8 Å². The molecule has 0 saturated carbocycles. The molecule has 2 aromatic rings. The Morgan fingerprint density at radius 2 is 1.94 bits per heavy atom. The quantitative estimate of drug-likeness (QED) is 0.929. The van der Waals surface area contributed by atoms with E-state index in [1.165, 1.54) is 11.3 Å². The lowest BCUT2D eigenvalue weighted by Crippen LogP contribution is -2.23. The highest BCUT2D eigenvalue weighted by Crippen LogP contribution is 2.30. The van der Waals surface area contributed by atoms with Gasteiger partial charge in [0, 0.05) is 11.3 Å². The molecule has 0 bridgehead atoms. The highest BCUT2D eigenvalue weighted by molar-refractivity contribution is 7.16. The van der Waals surface area contributed by atoms with Gasteiger partial charge in [0.2, 0.25) is 0 Å². The molecular weight excluding hydrogens is 266 g/mol. The molecule has 1 N–H and O–H groups in total. The molecule has 92 valence electrons. The van der Waals surface area contributed by atoms with E-state index in [0.29, 0.717) is 12.0 Å². The van der Waals surface area contributed by atoms with Crippen molar-refractivity contribution in [3.63, 3.8) is 0 Å². The van der Waals surface area contributed by atoms with Crippen LogP contribution >= 0.6 is 22.9 Å². The molecule has 0 saturated heterocycles. The molecular formula is C14H12ClNOS. The Balaban J connectivity index is 2.21. The Kier molecular flexibility index (Phi) is 3.72. The Morgan fingerprint density at radius 3 is 2.44 bits per heavy atom. The zero-order valence-corrected chi connectivity index (χ0v) is 11.4. The smallest absolute Gasteiger partial charge is 0.0991 e. The summed E-state index contributed by atoms with van der Waals surface area (Å²) in [4.78, 5) is 1.04. The van der Waals surface area contributed by atoms with E-state index in [2.05, 4.69) is 6.07 Å². The molecule has 18 heavy (non-hydrogen) atoms. The molecule has 0 amide bonds. The first-order chi connectivity index (χ1) is 8.51. The van der Waals surface area contributed by atoms with E-state index in [-0.39, 0.29) is 0 Å². The van der Waals surface area contributed by atoms with Crippen LogP contribution in [0.3, 0.4) is 0 Å². The fourth-order valence-electron chi connectivity index (χ4n) is 1.79. The number of rotatable bonds is 3. The molecule has 0 aliphatic rings. The molecule has 2 rings (SSSR count). The average molecular weight is 278 g/mol. The van der Waals surface area contributed by atoms with Crippen LogP contribution in [0.25, 0.3) is 0 Å². The number of benzene rings is 1. The summed E-state index contributed by atoms with van der Waals surface area (Å²) in [6, 6.07) is 12.8. The normalized spacial score (nSPS) is 13.9. The van der Waals surface area contributed by atoms with E-state index >= 15 is 0 Å². The van der Waals surface area contributed by atoms with Crippen molar-refractivity contribution in [2.24, 2.45) is 0 Å². The number of halogens is 1. The van der Waals surface area contributed by atoms with Gasteiger partial charge in [-0.25, -0.2) is 0 Å². The molecule has 2 nitrogen and oxygen atoms in total. The second-order valence-corrected chi connectivity index (χ2v) is 6.15. The molecule has 0 aliphatic carbocycles. The highest BCUT2D eigenvalue weighted by Gasteiger charge is 2.24. The van der Waals surface area contributed by atoms with Crippen molar-refractivity contribution in [2.45, 2.75) is 18.9 Å². The summed E-state index contributed by atoms with van der Waals surface area (Å²) in [6.07, 6.45) is 0.510. The summed E-state index contributed by atoms with van der Waals surface area (Å²) in [6.45, 7) is 1.77. The zero-order valence-electron chi connectivity index (χ0n) is 9.85. The topological polar surface area (TPSA) is 44.0 Å². The molecule has 1 aromatic heterocycles. The average Bonchev–Trinajstić information content (AvgIpc) is 2.74. The lowest BCUT2D eigenvalue weighted by atomic mass is 9.91. The fourth-order valence-corrected chi connectivity index (χ4v) is 3.03. The van der Waals surface area contributed by atoms with Crippen LogP contribution in [0.15, 0.2) is 36.4 Å². The number of hydrogen-bond acceptors (Lipinski definition) is 3. The van der Waals surface area contributed by atoms with Crippen molar-refractivity contribution in [2.75, 3.05) is 0 Å². The maximum Gasteiger partial charge on any atom is 0.0991 e. The van der Waals surface area contributed by atoms with Gasteiger partial charge in [-0.1, -0.05) is 23.7 Å². The summed E-state index contributed by atoms with van der Waals surface area (Å²) in [5.41, 5.74) is 0.432. The Morgan fingerprint density at radius 1 is 1.28 bits per heavy atom. The summed E-state index contributed by atoms with van der Waals surface area (Å²) >= 11 is 7.35. The standard InChI is InChI=1S/C14H12ClNOS/c1-14(17,8-12-6-7-13(15)18-12)11-4-2-10(9-16)3-5-11/h2-7,17H,8H2,1H3. The van der Waals surface area contributed by atoms with Crippen LogP contribution in [0, 0.1) is 11.3 Å². The lowest BCUT2D eigenvalue weighted by Gasteiger charge is -2.23. The summed E-state index contributed by atoms with van der Waals surface area (Å²) in [7, 11) is 0. The lowest BCUT2D eigenvalue weighted by molar-refractivity contribution is 0.0585. The fraction of sp³-hybridized carbons (Fsp3) is 0.214. The van der Waals surface area contributed by atoms with Gasteiger partial charge in [0.1, 0.15) is 0 Å². The van der Waals surface area contributed by atoms with Crippen LogP contribution in [-0.4, -0.2) is 5.11 Å². The first kappa shape index (κ1) is 13.1. The van der Waals surface area contributed by atoms with Crippen molar-refractivity contribution in [3.05, 3.63) is 56.7 Å². The molecule has 1 atom stereocenters. The number of aliphatic hydroxyl groups is 1. The minimum Gasteiger partial charge on any atom is -0.385 e. The monoisotopic (exact) mass is 277 g/mol. The predicted molar refractivity (Wildman–Crippen MR) is 73.8 cm³/mol. The highest BCUT2D eigenvalue weighted by atomic mass is 35.5. The number of nitriles is 1. The van der Waals surface area contributed by atoms with Crippen molar-refractivity contribution in [1.82, 2.24) is 0 Å². The van der Waals surface area contributed by atoms with Gasteiger partial charge < -0.3 is 5.11 Å². The van der Waals surface area contributed by atoms with Gasteiger partial charge in [-0.15, -0.1) is 11.3 Å². The second kappa shape index (κ2) is 5.11. The van der Waals surface area contributed by atoms with Gasteiger partial charge in [-0.3, -0.25) is 0 Å². The minimum absolute atomic E-state index is 0.510. The number of thiophene rings is 1. The maximum absolute atomic E-state index is 10.5. The third-order valence-corrected chi connectivity index (χ3v) is 4.01. The molecule has 4 heteroatoms. The van der Waals surface area contributed by atoms with Crippen LogP contribution in [0.2, 0.25) is 4.34 Å². The molecule has 0 spiro atoms. The first-order valence-electron chi connectivity index (χ1n) is 5.48. The zero-order chi connectivity index (χ0) is 13.2. The Labute approximate surface area is 115 Å².